The van der Waals surface area contributed by atoms with Crippen molar-refractivity contribution in [3.05, 3.63) is 59.9 Å². The molecule has 2 aromatic heterocycles. The molecule has 1 aromatic carbocycles. The zero-order chi connectivity index (χ0) is 22.8. The maximum atomic E-state index is 13.2. The average molecular weight is 443 g/mol. The summed E-state index contributed by atoms with van der Waals surface area (Å²) < 4.78 is 1.34. The van der Waals surface area contributed by atoms with Crippen molar-refractivity contribution in [1.29, 1.82) is 5.26 Å². The van der Waals surface area contributed by atoms with Crippen molar-refractivity contribution in [2.75, 3.05) is 26.2 Å². The molecule has 5 rings (SSSR count). The molecule has 1 atom stereocenters. The molecule has 0 saturated carbocycles. The molecule has 1 unspecified atom stereocenters. The molecule has 1 amide bonds. The van der Waals surface area contributed by atoms with Crippen LogP contribution in [0.4, 0.5) is 0 Å². The molecule has 2 fully saturated rings. The van der Waals surface area contributed by atoms with Crippen LogP contribution in [0.25, 0.3) is 16.9 Å². The molecular weight excluding hydrogens is 416 g/mol. The molecule has 1 N–H and O–H groups in total. The van der Waals surface area contributed by atoms with Crippen molar-refractivity contribution in [3.63, 3.8) is 0 Å². The van der Waals surface area contributed by atoms with Crippen LogP contribution in [0.15, 0.2) is 48.8 Å². The second-order valence-corrected chi connectivity index (χ2v) is 8.69. The van der Waals surface area contributed by atoms with Crippen molar-refractivity contribution in [3.8, 4) is 28.9 Å². The van der Waals surface area contributed by atoms with Gasteiger partial charge in [-0.2, -0.15) is 15.0 Å². The van der Waals surface area contributed by atoms with Crippen molar-refractivity contribution >= 4 is 5.91 Å². The standard InChI is InChI=1S/C25H26N6O2/c26-14-18-5-7-19(8-6-18)22-16-28-31(25(22)33)23-10-9-20(15-27-23)24(32)30-13-3-4-21(30)17-29-11-1-2-12-29/h5-10,15-16,21,33H,1-4,11-13,17H2. The Kier molecular flexibility index (Phi) is 5.80. The topological polar surface area (TPSA) is 98.3 Å². The average Bonchev–Trinajstić information content (AvgIpc) is 3.61. The van der Waals surface area contributed by atoms with E-state index >= 15 is 0 Å². The van der Waals surface area contributed by atoms with Crippen molar-refractivity contribution < 1.29 is 9.90 Å². The summed E-state index contributed by atoms with van der Waals surface area (Å²) in [6.07, 6.45) is 7.70. The Hall–Kier alpha value is -3.70. The number of aromatic nitrogens is 3. The van der Waals surface area contributed by atoms with Gasteiger partial charge in [0.15, 0.2) is 5.82 Å². The Morgan fingerprint density at radius 1 is 1.06 bits per heavy atom. The highest BCUT2D eigenvalue weighted by atomic mass is 16.3. The van der Waals surface area contributed by atoms with Crippen LogP contribution in [-0.4, -0.2) is 67.8 Å². The van der Waals surface area contributed by atoms with Gasteiger partial charge in [0, 0.05) is 25.3 Å². The highest BCUT2D eigenvalue weighted by molar-refractivity contribution is 5.94. The molecule has 33 heavy (non-hydrogen) atoms. The minimum absolute atomic E-state index is 0.0127. The summed E-state index contributed by atoms with van der Waals surface area (Å²) in [4.78, 5) is 22.0. The van der Waals surface area contributed by atoms with Gasteiger partial charge in [-0.25, -0.2) is 4.98 Å². The van der Waals surface area contributed by atoms with E-state index in [-0.39, 0.29) is 17.8 Å². The number of hydrogen-bond donors (Lipinski definition) is 1. The molecule has 4 heterocycles. The normalized spacial score (nSPS) is 18.5. The second kappa shape index (κ2) is 9.04. The summed E-state index contributed by atoms with van der Waals surface area (Å²) in [6.45, 7) is 4.00. The quantitative estimate of drug-likeness (QED) is 0.652. The fourth-order valence-corrected chi connectivity index (χ4v) is 4.80. The molecule has 2 aliphatic rings. The van der Waals surface area contributed by atoms with Gasteiger partial charge < -0.3 is 14.9 Å². The van der Waals surface area contributed by atoms with E-state index in [0.29, 0.717) is 22.5 Å². The van der Waals surface area contributed by atoms with Crippen LogP contribution in [0.2, 0.25) is 0 Å². The summed E-state index contributed by atoms with van der Waals surface area (Å²) in [5, 5.41) is 23.9. The number of amides is 1. The zero-order valence-corrected chi connectivity index (χ0v) is 18.4. The first-order chi connectivity index (χ1) is 16.1. The van der Waals surface area contributed by atoms with E-state index in [4.69, 9.17) is 5.26 Å². The Labute approximate surface area is 192 Å². The Bertz CT molecular complexity index is 1170. The third-order valence-electron chi connectivity index (χ3n) is 6.59. The van der Waals surface area contributed by atoms with E-state index in [1.54, 1.807) is 48.8 Å². The van der Waals surface area contributed by atoms with Gasteiger partial charge in [0.2, 0.25) is 5.88 Å². The molecule has 0 radical (unpaired) electrons. The van der Waals surface area contributed by atoms with E-state index in [2.05, 4.69) is 21.1 Å². The van der Waals surface area contributed by atoms with E-state index in [0.717, 1.165) is 44.6 Å². The summed E-state index contributed by atoms with van der Waals surface area (Å²) in [7, 11) is 0. The summed E-state index contributed by atoms with van der Waals surface area (Å²) >= 11 is 0. The van der Waals surface area contributed by atoms with Gasteiger partial charge >= 0.3 is 0 Å². The van der Waals surface area contributed by atoms with Crippen LogP contribution in [0.1, 0.15) is 41.6 Å². The lowest BCUT2D eigenvalue weighted by atomic mass is 10.1. The predicted octanol–water partition coefficient (Wildman–Crippen LogP) is 3.21. The Balaban J connectivity index is 1.32. The van der Waals surface area contributed by atoms with Gasteiger partial charge in [-0.05, 0) is 68.6 Å². The summed E-state index contributed by atoms with van der Waals surface area (Å²) in [5.41, 5.74) is 2.39. The van der Waals surface area contributed by atoms with Crippen LogP contribution in [0, 0.1) is 11.3 Å². The SMILES string of the molecule is N#Cc1ccc(-c2cnn(-c3ccc(C(=O)N4CCCC4CN4CCCC4)cn3)c2O)cc1. The molecular formula is C25H26N6O2. The van der Waals surface area contributed by atoms with Crippen LogP contribution >= 0.6 is 0 Å². The number of carbonyl (C=O) groups excluding carboxylic acids is 1. The zero-order valence-electron chi connectivity index (χ0n) is 18.4. The molecule has 3 aromatic rings. The van der Waals surface area contributed by atoms with Gasteiger partial charge in [0.1, 0.15) is 0 Å². The third-order valence-corrected chi connectivity index (χ3v) is 6.59. The van der Waals surface area contributed by atoms with E-state index < -0.39 is 0 Å². The molecule has 0 spiro atoms. The van der Waals surface area contributed by atoms with Gasteiger partial charge in [-0.15, -0.1) is 0 Å². The molecule has 2 aliphatic heterocycles. The molecule has 8 nitrogen and oxygen atoms in total. The molecule has 2 saturated heterocycles. The predicted molar refractivity (Wildman–Crippen MR) is 123 cm³/mol. The van der Waals surface area contributed by atoms with Gasteiger partial charge in [-0.1, -0.05) is 12.1 Å². The number of aromatic hydroxyl groups is 1. The number of rotatable bonds is 5. The highest BCUT2D eigenvalue weighted by Gasteiger charge is 2.31. The van der Waals surface area contributed by atoms with E-state index in [1.807, 2.05) is 4.90 Å². The fourth-order valence-electron chi connectivity index (χ4n) is 4.80. The van der Waals surface area contributed by atoms with Crippen LogP contribution in [0.5, 0.6) is 5.88 Å². The van der Waals surface area contributed by atoms with E-state index in [9.17, 15) is 9.90 Å². The van der Waals surface area contributed by atoms with Gasteiger partial charge in [0.25, 0.3) is 5.91 Å². The van der Waals surface area contributed by atoms with E-state index in [1.165, 1.54) is 17.5 Å². The smallest absolute Gasteiger partial charge is 0.255 e. The van der Waals surface area contributed by atoms with Crippen LogP contribution < -0.4 is 0 Å². The number of nitrogens with zero attached hydrogens (tertiary/aromatic N) is 6. The molecule has 0 aliphatic carbocycles. The Morgan fingerprint density at radius 2 is 1.85 bits per heavy atom. The van der Waals surface area contributed by atoms with Crippen LogP contribution in [-0.2, 0) is 0 Å². The maximum absolute atomic E-state index is 13.2. The van der Waals surface area contributed by atoms with Crippen molar-refractivity contribution in [2.45, 2.75) is 31.7 Å². The highest BCUT2D eigenvalue weighted by Crippen LogP contribution is 2.31. The minimum atomic E-state index is -0.0449. The Morgan fingerprint density at radius 3 is 2.55 bits per heavy atom. The lowest BCUT2D eigenvalue weighted by Gasteiger charge is -2.28. The number of likely N-dealkylation sites (tertiary alicyclic amines) is 2. The second-order valence-electron chi connectivity index (χ2n) is 8.69. The van der Waals surface area contributed by atoms with Crippen molar-refractivity contribution in [2.24, 2.45) is 0 Å². The monoisotopic (exact) mass is 442 g/mol. The maximum Gasteiger partial charge on any atom is 0.255 e. The van der Waals surface area contributed by atoms with Crippen LogP contribution in [0.3, 0.4) is 0 Å². The van der Waals surface area contributed by atoms with Crippen molar-refractivity contribution in [1.82, 2.24) is 24.6 Å². The minimum Gasteiger partial charge on any atom is -0.493 e. The summed E-state index contributed by atoms with van der Waals surface area (Å²) in [5.74, 6) is 0.397. The first-order valence-corrected chi connectivity index (χ1v) is 11.4. The number of nitriles is 1. The number of carbonyl (C=O) groups is 1. The number of pyridine rings is 1. The largest absolute Gasteiger partial charge is 0.493 e. The lowest BCUT2D eigenvalue weighted by Crippen LogP contribution is -2.42. The summed E-state index contributed by atoms with van der Waals surface area (Å²) in [6, 6.07) is 12.7. The first kappa shape index (κ1) is 21.2. The van der Waals surface area contributed by atoms with Gasteiger partial charge in [-0.3, -0.25) is 4.79 Å². The van der Waals surface area contributed by atoms with Gasteiger partial charge in [0.05, 0.1) is 29.0 Å². The third kappa shape index (κ3) is 4.20. The molecule has 8 heteroatoms. The number of benzene rings is 1. The first-order valence-electron chi connectivity index (χ1n) is 11.4. The lowest BCUT2D eigenvalue weighted by molar-refractivity contribution is 0.0708. The molecule has 0 bridgehead atoms. The molecule has 168 valence electrons. The number of hydrogen-bond acceptors (Lipinski definition) is 6. The fraction of sp³-hybridized carbons (Fsp3) is 0.360.